The Bertz CT molecular complexity index is 486. The van der Waals surface area contributed by atoms with Gasteiger partial charge in [0.2, 0.25) is 5.95 Å². The molecule has 2 aromatic heterocycles. The summed E-state index contributed by atoms with van der Waals surface area (Å²) in [4.78, 5) is 4.38. The van der Waals surface area contributed by atoms with Crippen molar-refractivity contribution in [3.05, 3.63) is 24.4 Å². The first kappa shape index (κ1) is 12.4. The molecule has 1 saturated carbocycles. The van der Waals surface area contributed by atoms with Crippen LogP contribution in [0.15, 0.2) is 24.4 Å². The fraction of sp³-hybridized carbons (Fsp3) is 0.571. The molecule has 0 saturated heterocycles. The van der Waals surface area contributed by atoms with E-state index in [1.54, 1.807) is 4.52 Å². The summed E-state index contributed by atoms with van der Waals surface area (Å²) in [5, 5.41) is 7.54. The van der Waals surface area contributed by atoms with Gasteiger partial charge in [-0.1, -0.05) is 25.3 Å². The zero-order valence-electron chi connectivity index (χ0n) is 11.1. The molecule has 0 unspecified atom stereocenters. The number of ether oxygens (including phenoxy) is 1. The van der Waals surface area contributed by atoms with E-state index in [1.165, 1.54) is 32.1 Å². The Hall–Kier alpha value is -1.62. The smallest absolute Gasteiger partial charge is 0.243 e. The minimum Gasteiger partial charge on any atom is -0.376 e. The van der Waals surface area contributed by atoms with Crippen molar-refractivity contribution in [2.24, 2.45) is 0 Å². The third-order valence-electron chi connectivity index (χ3n) is 3.53. The molecule has 1 aliphatic rings. The molecular formula is C14H20N4O. The van der Waals surface area contributed by atoms with Crippen LogP contribution >= 0.6 is 0 Å². The van der Waals surface area contributed by atoms with Gasteiger partial charge >= 0.3 is 0 Å². The highest BCUT2D eigenvalue weighted by molar-refractivity contribution is 5.42. The highest BCUT2D eigenvalue weighted by Crippen LogP contribution is 2.19. The van der Waals surface area contributed by atoms with Gasteiger partial charge in [-0.3, -0.25) is 0 Å². The van der Waals surface area contributed by atoms with Crippen LogP contribution in [0.3, 0.4) is 0 Å². The molecule has 0 spiro atoms. The van der Waals surface area contributed by atoms with Gasteiger partial charge in [0, 0.05) is 12.7 Å². The molecule has 1 aliphatic carbocycles. The second-order valence-corrected chi connectivity index (χ2v) is 5.00. The molecule has 0 bridgehead atoms. The lowest BCUT2D eigenvalue weighted by molar-refractivity contribution is 0.0347. The Morgan fingerprint density at radius 2 is 2.16 bits per heavy atom. The third-order valence-corrected chi connectivity index (χ3v) is 3.53. The molecule has 3 rings (SSSR count). The van der Waals surface area contributed by atoms with Crippen LogP contribution in [0.25, 0.3) is 5.65 Å². The molecule has 19 heavy (non-hydrogen) atoms. The average Bonchev–Trinajstić information content (AvgIpc) is 2.87. The van der Waals surface area contributed by atoms with Crippen LogP contribution in [0, 0.1) is 0 Å². The predicted octanol–water partition coefficient (Wildman–Crippen LogP) is 2.49. The first-order valence-corrected chi connectivity index (χ1v) is 7.09. The minimum atomic E-state index is 0.463. The molecule has 5 heteroatoms. The molecule has 2 aromatic rings. The molecule has 0 radical (unpaired) electrons. The lowest BCUT2D eigenvalue weighted by atomic mass is 9.98. The quantitative estimate of drug-likeness (QED) is 0.839. The van der Waals surface area contributed by atoms with Crippen LogP contribution in [0.2, 0.25) is 0 Å². The third kappa shape index (κ3) is 3.23. The SMILES string of the molecule is c1ccn2nc(NCCOC3CCCCC3)nc2c1. The van der Waals surface area contributed by atoms with E-state index < -0.39 is 0 Å². The van der Waals surface area contributed by atoms with Gasteiger partial charge in [0.05, 0.1) is 12.7 Å². The normalized spacial score (nSPS) is 16.8. The second kappa shape index (κ2) is 6.02. The zero-order chi connectivity index (χ0) is 12.9. The first-order chi connectivity index (χ1) is 9.42. The number of nitrogens with zero attached hydrogens (tertiary/aromatic N) is 3. The van der Waals surface area contributed by atoms with E-state index in [0.29, 0.717) is 12.1 Å². The van der Waals surface area contributed by atoms with Crippen molar-refractivity contribution in [2.45, 2.75) is 38.2 Å². The van der Waals surface area contributed by atoms with Crippen LogP contribution in [0.5, 0.6) is 0 Å². The molecule has 0 aromatic carbocycles. The van der Waals surface area contributed by atoms with Crippen molar-refractivity contribution < 1.29 is 4.74 Å². The predicted molar refractivity (Wildman–Crippen MR) is 74.3 cm³/mol. The monoisotopic (exact) mass is 260 g/mol. The lowest BCUT2D eigenvalue weighted by Crippen LogP contribution is -2.20. The average molecular weight is 260 g/mol. The topological polar surface area (TPSA) is 51.5 Å². The Kier molecular flexibility index (Phi) is 3.93. The van der Waals surface area contributed by atoms with Crippen LogP contribution in [-0.2, 0) is 4.74 Å². The molecule has 5 nitrogen and oxygen atoms in total. The summed E-state index contributed by atoms with van der Waals surface area (Å²) in [6, 6.07) is 5.84. The van der Waals surface area contributed by atoms with Gasteiger partial charge in [-0.25, -0.2) is 4.52 Å². The van der Waals surface area contributed by atoms with Gasteiger partial charge in [-0.05, 0) is 25.0 Å². The van der Waals surface area contributed by atoms with Crippen LogP contribution in [-0.4, -0.2) is 33.9 Å². The molecule has 0 aliphatic heterocycles. The second-order valence-electron chi connectivity index (χ2n) is 5.00. The Morgan fingerprint density at radius 3 is 3.00 bits per heavy atom. The van der Waals surface area contributed by atoms with E-state index >= 15 is 0 Å². The van der Waals surface area contributed by atoms with E-state index in [9.17, 15) is 0 Å². The number of pyridine rings is 1. The number of hydrogen-bond donors (Lipinski definition) is 1. The van der Waals surface area contributed by atoms with E-state index in [-0.39, 0.29) is 0 Å². The molecule has 102 valence electrons. The van der Waals surface area contributed by atoms with Crippen molar-refractivity contribution >= 4 is 11.6 Å². The Labute approximate surface area is 113 Å². The molecule has 2 heterocycles. The summed E-state index contributed by atoms with van der Waals surface area (Å²) in [7, 11) is 0. The molecule has 1 N–H and O–H groups in total. The van der Waals surface area contributed by atoms with Crippen LogP contribution in [0.4, 0.5) is 5.95 Å². The number of anilines is 1. The summed E-state index contributed by atoms with van der Waals surface area (Å²) in [5.41, 5.74) is 0.859. The molecule has 0 atom stereocenters. The Morgan fingerprint density at radius 1 is 1.26 bits per heavy atom. The van der Waals surface area contributed by atoms with Crippen LogP contribution < -0.4 is 5.32 Å². The van der Waals surface area contributed by atoms with Crippen molar-refractivity contribution in [3.8, 4) is 0 Å². The fourth-order valence-corrected chi connectivity index (χ4v) is 2.53. The first-order valence-electron chi connectivity index (χ1n) is 7.09. The maximum absolute atomic E-state index is 5.85. The summed E-state index contributed by atoms with van der Waals surface area (Å²) in [6.07, 6.45) is 8.77. The summed E-state index contributed by atoms with van der Waals surface area (Å²) in [5.74, 6) is 0.665. The maximum Gasteiger partial charge on any atom is 0.243 e. The number of fused-ring (bicyclic) bond motifs is 1. The zero-order valence-corrected chi connectivity index (χ0v) is 11.1. The van der Waals surface area contributed by atoms with E-state index in [4.69, 9.17) is 4.74 Å². The number of hydrogen-bond acceptors (Lipinski definition) is 4. The van der Waals surface area contributed by atoms with Crippen molar-refractivity contribution in [1.29, 1.82) is 0 Å². The summed E-state index contributed by atoms with van der Waals surface area (Å²) in [6.45, 7) is 1.48. The lowest BCUT2D eigenvalue weighted by Gasteiger charge is -2.21. The van der Waals surface area contributed by atoms with Gasteiger partial charge in [0.15, 0.2) is 5.65 Å². The van der Waals surface area contributed by atoms with E-state index in [2.05, 4.69) is 15.4 Å². The molecule has 0 amide bonds. The van der Waals surface area contributed by atoms with Gasteiger partial charge in [-0.2, -0.15) is 4.98 Å². The highest BCUT2D eigenvalue weighted by atomic mass is 16.5. The van der Waals surface area contributed by atoms with Gasteiger partial charge in [-0.15, -0.1) is 5.10 Å². The van der Waals surface area contributed by atoms with Gasteiger partial charge in [0.25, 0.3) is 0 Å². The van der Waals surface area contributed by atoms with Crippen molar-refractivity contribution in [3.63, 3.8) is 0 Å². The largest absolute Gasteiger partial charge is 0.376 e. The molecular weight excluding hydrogens is 240 g/mol. The standard InChI is InChI=1S/C14H20N4O/c1-2-6-12(7-3-1)19-11-9-15-14-16-13-8-4-5-10-18(13)17-14/h4-5,8,10,12H,1-3,6-7,9,11H2,(H,15,17). The maximum atomic E-state index is 5.85. The van der Waals surface area contributed by atoms with Gasteiger partial charge < -0.3 is 10.1 Å². The fourth-order valence-electron chi connectivity index (χ4n) is 2.53. The number of nitrogens with one attached hydrogen (secondary N) is 1. The summed E-state index contributed by atoms with van der Waals surface area (Å²) >= 11 is 0. The van der Waals surface area contributed by atoms with E-state index in [1.807, 2.05) is 24.4 Å². The summed E-state index contributed by atoms with van der Waals surface area (Å²) < 4.78 is 7.62. The van der Waals surface area contributed by atoms with Crippen molar-refractivity contribution in [1.82, 2.24) is 14.6 Å². The minimum absolute atomic E-state index is 0.463. The number of aromatic nitrogens is 3. The van der Waals surface area contributed by atoms with Crippen molar-refractivity contribution in [2.75, 3.05) is 18.5 Å². The van der Waals surface area contributed by atoms with E-state index in [0.717, 1.165) is 18.8 Å². The highest BCUT2D eigenvalue weighted by Gasteiger charge is 2.13. The van der Waals surface area contributed by atoms with Crippen LogP contribution in [0.1, 0.15) is 32.1 Å². The number of rotatable bonds is 5. The molecule has 1 fully saturated rings. The Balaban J connectivity index is 1.44. The van der Waals surface area contributed by atoms with Gasteiger partial charge in [0.1, 0.15) is 0 Å².